The first-order chi connectivity index (χ1) is 7.58. The molecule has 1 aliphatic heterocycles. The lowest BCUT2D eigenvalue weighted by atomic mass is 10.1. The highest BCUT2D eigenvalue weighted by molar-refractivity contribution is 6.36. The fourth-order valence-electron chi connectivity index (χ4n) is 2.07. The number of halogens is 3. The molecule has 0 spiro atoms. The van der Waals surface area contributed by atoms with Crippen molar-refractivity contribution in [2.75, 3.05) is 18.0 Å². The number of hydrogen-bond acceptors (Lipinski definition) is 2. The maximum atomic E-state index is 6.23. The summed E-state index contributed by atoms with van der Waals surface area (Å²) in [5.74, 6) is 0. The molecule has 2 rings (SSSR count). The van der Waals surface area contributed by atoms with E-state index in [0.717, 1.165) is 23.8 Å². The van der Waals surface area contributed by atoms with Crippen molar-refractivity contribution in [1.82, 2.24) is 5.32 Å². The highest BCUT2D eigenvalue weighted by Crippen LogP contribution is 2.30. The van der Waals surface area contributed by atoms with Gasteiger partial charge in [0.05, 0.1) is 10.7 Å². The molecule has 0 aliphatic carbocycles. The third kappa shape index (κ3) is 3.41. The van der Waals surface area contributed by atoms with Crippen molar-refractivity contribution in [1.29, 1.82) is 0 Å². The van der Waals surface area contributed by atoms with Gasteiger partial charge < -0.3 is 10.2 Å². The smallest absolute Gasteiger partial charge is 0.0654 e. The van der Waals surface area contributed by atoms with Crippen LogP contribution in [0, 0.1) is 0 Å². The zero-order valence-electron chi connectivity index (χ0n) is 9.91. The van der Waals surface area contributed by atoms with E-state index in [1.807, 2.05) is 12.1 Å². The summed E-state index contributed by atoms with van der Waals surface area (Å²) in [5.41, 5.74) is 1.08. The van der Waals surface area contributed by atoms with Gasteiger partial charge in [-0.25, -0.2) is 0 Å². The summed E-state index contributed by atoms with van der Waals surface area (Å²) >= 11 is 12.1. The molecule has 0 aromatic heterocycles. The molecule has 1 heterocycles. The fourth-order valence-corrected chi connectivity index (χ4v) is 2.59. The summed E-state index contributed by atoms with van der Waals surface area (Å²) in [7, 11) is 0. The summed E-state index contributed by atoms with van der Waals surface area (Å²) in [6, 6.07) is 6.64. The van der Waals surface area contributed by atoms with Crippen LogP contribution in [0.5, 0.6) is 0 Å². The molecule has 96 valence electrons. The molecule has 0 bridgehead atoms. The van der Waals surface area contributed by atoms with Gasteiger partial charge in [-0.3, -0.25) is 0 Å². The van der Waals surface area contributed by atoms with E-state index in [2.05, 4.69) is 24.1 Å². The van der Waals surface area contributed by atoms with Gasteiger partial charge in [0.15, 0.2) is 0 Å². The Morgan fingerprint density at radius 1 is 1.29 bits per heavy atom. The van der Waals surface area contributed by atoms with Crippen LogP contribution >= 0.6 is 35.6 Å². The van der Waals surface area contributed by atoms with Crippen molar-refractivity contribution < 1.29 is 0 Å². The molecule has 1 aromatic rings. The predicted molar refractivity (Wildman–Crippen MR) is 78.0 cm³/mol. The lowest BCUT2D eigenvalue weighted by Gasteiger charge is -2.39. The van der Waals surface area contributed by atoms with E-state index in [1.54, 1.807) is 6.07 Å². The minimum Gasteiger partial charge on any atom is -0.365 e. The lowest BCUT2D eigenvalue weighted by Crippen LogP contribution is -2.54. The van der Waals surface area contributed by atoms with E-state index < -0.39 is 0 Å². The van der Waals surface area contributed by atoms with Crippen LogP contribution < -0.4 is 10.2 Å². The van der Waals surface area contributed by atoms with Crippen molar-refractivity contribution in [2.45, 2.75) is 25.9 Å². The van der Waals surface area contributed by atoms with Gasteiger partial charge in [-0.2, -0.15) is 0 Å². The van der Waals surface area contributed by atoms with E-state index in [-0.39, 0.29) is 12.4 Å². The summed E-state index contributed by atoms with van der Waals surface area (Å²) in [6.07, 6.45) is 0. The van der Waals surface area contributed by atoms with Crippen LogP contribution in [0.4, 0.5) is 5.69 Å². The van der Waals surface area contributed by atoms with Crippen LogP contribution in [-0.2, 0) is 0 Å². The Bertz CT molecular complexity index is 384. The highest BCUT2D eigenvalue weighted by Gasteiger charge is 2.23. The number of nitrogens with zero attached hydrogens (tertiary/aromatic N) is 1. The largest absolute Gasteiger partial charge is 0.365 e. The van der Waals surface area contributed by atoms with Crippen molar-refractivity contribution in [3.8, 4) is 0 Å². The standard InChI is InChI=1S/C12H16Cl2N2.ClH/c1-8-7-16(9(2)6-15-8)12-4-3-10(13)5-11(12)14;/h3-5,8-9,15H,6-7H2,1-2H3;1H/t8-,9+;/m1./s1. The third-order valence-corrected chi connectivity index (χ3v) is 3.52. The first-order valence-electron chi connectivity index (χ1n) is 5.53. The number of anilines is 1. The summed E-state index contributed by atoms with van der Waals surface area (Å²) in [5, 5.41) is 4.87. The summed E-state index contributed by atoms with van der Waals surface area (Å²) < 4.78 is 0. The Morgan fingerprint density at radius 2 is 2.00 bits per heavy atom. The van der Waals surface area contributed by atoms with Crippen molar-refractivity contribution in [3.63, 3.8) is 0 Å². The molecule has 5 heteroatoms. The van der Waals surface area contributed by atoms with Gasteiger partial charge in [0.1, 0.15) is 0 Å². The molecule has 1 N–H and O–H groups in total. The van der Waals surface area contributed by atoms with Gasteiger partial charge in [-0.05, 0) is 32.0 Å². The Balaban J connectivity index is 0.00000144. The number of hydrogen-bond donors (Lipinski definition) is 1. The van der Waals surface area contributed by atoms with Crippen molar-refractivity contribution in [2.24, 2.45) is 0 Å². The number of nitrogens with one attached hydrogen (secondary N) is 1. The quantitative estimate of drug-likeness (QED) is 0.851. The predicted octanol–water partition coefficient (Wildman–Crippen LogP) is 3.60. The van der Waals surface area contributed by atoms with E-state index in [1.165, 1.54) is 0 Å². The van der Waals surface area contributed by atoms with Crippen LogP contribution in [0.3, 0.4) is 0 Å². The first kappa shape index (κ1) is 14.9. The van der Waals surface area contributed by atoms with E-state index in [0.29, 0.717) is 17.1 Å². The van der Waals surface area contributed by atoms with Gasteiger partial charge >= 0.3 is 0 Å². The lowest BCUT2D eigenvalue weighted by molar-refractivity contribution is 0.425. The third-order valence-electron chi connectivity index (χ3n) is 2.98. The topological polar surface area (TPSA) is 15.3 Å². The second-order valence-corrected chi connectivity index (χ2v) is 5.25. The van der Waals surface area contributed by atoms with Gasteiger partial charge in [0.25, 0.3) is 0 Å². The molecule has 1 aromatic carbocycles. The molecule has 2 atom stereocenters. The Labute approximate surface area is 119 Å². The number of benzene rings is 1. The SMILES string of the molecule is C[C@@H]1CN(c2ccc(Cl)cc2Cl)[C@@H](C)CN1.Cl. The maximum absolute atomic E-state index is 6.23. The van der Waals surface area contributed by atoms with Crippen LogP contribution in [-0.4, -0.2) is 25.2 Å². The Hall–Kier alpha value is -0.150. The van der Waals surface area contributed by atoms with Crippen LogP contribution in [0.2, 0.25) is 10.0 Å². The number of rotatable bonds is 1. The van der Waals surface area contributed by atoms with E-state index in [9.17, 15) is 0 Å². The average Bonchev–Trinajstić information content (AvgIpc) is 2.22. The molecule has 1 fully saturated rings. The molecule has 1 aliphatic rings. The average molecular weight is 296 g/mol. The van der Waals surface area contributed by atoms with Gasteiger partial charge in [-0.15, -0.1) is 12.4 Å². The second-order valence-electron chi connectivity index (χ2n) is 4.41. The van der Waals surface area contributed by atoms with Crippen molar-refractivity contribution >= 4 is 41.3 Å². The van der Waals surface area contributed by atoms with Gasteiger partial charge in [0.2, 0.25) is 0 Å². The number of piperazine rings is 1. The normalized spacial score (nSPS) is 24.4. The second kappa shape index (κ2) is 6.14. The monoisotopic (exact) mass is 294 g/mol. The minimum absolute atomic E-state index is 0. The molecule has 0 saturated carbocycles. The molecular formula is C12H17Cl3N2. The molecule has 0 radical (unpaired) electrons. The maximum Gasteiger partial charge on any atom is 0.0654 e. The van der Waals surface area contributed by atoms with Crippen LogP contribution in [0.1, 0.15) is 13.8 Å². The van der Waals surface area contributed by atoms with E-state index in [4.69, 9.17) is 23.2 Å². The van der Waals surface area contributed by atoms with Crippen LogP contribution in [0.15, 0.2) is 18.2 Å². The minimum atomic E-state index is 0. The molecule has 0 amide bonds. The fraction of sp³-hybridized carbons (Fsp3) is 0.500. The zero-order valence-corrected chi connectivity index (χ0v) is 12.2. The summed E-state index contributed by atoms with van der Waals surface area (Å²) in [4.78, 5) is 2.33. The first-order valence-corrected chi connectivity index (χ1v) is 6.28. The molecule has 1 saturated heterocycles. The summed E-state index contributed by atoms with van der Waals surface area (Å²) in [6.45, 7) is 6.34. The van der Waals surface area contributed by atoms with Gasteiger partial charge in [0, 0.05) is 30.2 Å². The van der Waals surface area contributed by atoms with Crippen LogP contribution in [0.25, 0.3) is 0 Å². The van der Waals surface area contributed by atoms with E-state index >= 15 is 0 Å². The zero-order chi connectivity index (χ0) is 11.7. The molecule has 2 nitrogen and oxygen atoms in total. The highest BCUT2D eigenvalue weighted by atomic mass is 35.5. The van der Waals surface area contributed by atoms with Crippen molar-refractivity contribution in [3.05, 3.63) is 28.2 Å². The van der Waals surface area contributed by atoms with Gasteiger partial charge in [-0.1, -0.05) is 23.2 Å². The Kier molecular flexibility index (Phi) is 5.39. The molecule has 17 heavy (non-hydrogen) atoms. The molecular weight excluding hydrogens is 279 g/mol. The molecule has 0 unspecified atom stereocenters. The Morgan fingerprint density at radius 3 is 2.65 bits per heavy atom.